The molecule has 0 spiro atoms. The van der Waals surface area contributed by atoms with E-state index in [0.29, 0.717) is 0 Å². The van der Waals surface area contributed by atoms with Gasteiger partial charge in [0.2, 0.25) is 0 Å². The Bertz CT molecular complexity index is 690. The Balaban J connectivity index is 1.35. The first-order chi connectivity index (χ1) is 12.7. The SMILES string of the molecule is Fc1ccc(OC2CCN(C[C@@]3(c4ccccc4)CCOC3)CC2)cc1. The summed E-state index contributed by atoms with van der Waals surface area (Å²) >= 11 is 0. The molecule has 26 heavy (non-hydrogen) atoms. The molecule has 4 heteroatoms. The predicted octanol–water partition coefficient (Wildman–Crippen LogP) is 4.03. The van der Waals surface area contributed by atoms with E-state index in [0.717, 1.165) is 57.9 Å². The highest BCUT2D eigenvalue weighted by molar-refractivity contribution is 5.27. The van der Waals surface area contributed by atoms with Gasteiger partial charge in [-0.25, -0.2) is 4.39 Å². The van der Waals surface area contributed by atoms with Crippen LogP contribution in [0.2, 0.25) is 0 Å². The normalized spacial score (nSPS) is 24.7. The molecule has 0 N–H and O–H groups in total. The molecule has 3 nitrogen and oxygen atoms in total. The van der Waals surface area contributed by atoms with Gasteiger partial charge < -0.3 is 14.4 Å². The molecule has 0 aromatic heterocycles. The van der Waals surface area contributed by atoms with E-state index in [1.807, 2.05) is 0 Å². The van der Waals surface area contributed by atoms with Crippen LogP contribution >= 0.6 is 0 Å². The first-order valence-corrected chi connectivity index (χ1v) is 9.51. The van der Waals surface area contributed by atoms with E-state index in [1.165, 1.54) is 17.7 Å². The van der Waals surface area contributed by atoms with Gasteiger partial charge in [0, 0.05) is 31.7 Å². The zero-order valence-corrected chi connectivity index (χ0v) is 15.1. The van der Waals surface area contributed by atoms with Crippen molar-refractivity contribution in [1.82, 2.24) is 4.90 Å². The Morgan fingerprint density at radius 3 is 2.42 bits per heavy atom. The average Bonchev–Trinajstić information content (AvgIpc) is 3.16. The van der Waals surface area contributed by atoms with Crippen molar-refractivity contribution in [3.63, 3.8) is 0 Å². The zero-order chi connectivity index (χ0) is 17.8. The molecule has 2 aliphatic rings. The Morgan fingerprint density at radius 2 is 1.77 bits per heavy atom. The summed E-state index contributed by atoms with van der Waals surface area (Å²) in [4.78, 5) is 2.55. The number of benzene rings is 2. The molecule has 2 saturated heterocycles. The molecule has 2 fully saturated rings. The molecule has 138 valence electrons. The molecule has 2 aromatic carbocycles. The molecule has 4 rings (SSSR count). The molecule has 0 radical (unpaired) electrons. The van der Waals surface area contributed by atoms with Gasteiger partial charge in [0.05, 0.1) is 6.61 Å². The van der Waals surface area contributed by atoms with Crippen molar-refractivity contribution >= 4 is 0 Å². The van der Waals surface area contributed by atoms with Gasteiger partial charge in [-0.1, -0.05) is 30.3 Å². The zero-order valence-electron chi connectivity index (χ0n) is 15.1. The van der Waals surface area contributed by atoms with Crippen molar-refractivity contribution in [1.29, 1.82) is 0 Å². The number of rotatable bonds is 5. The lowest BCUT2D eigenvalue weighted by Gasteiger charge is -2.38. The molecule has 2 heterocycles. The smallest absolute Gasteiger partial charge is 0.123 e. The third kappa shape index (κ3) is 3.92. The van der Waals surface area contributed by atoms with Crippen molar-refractivity contribution < 1.29 is 13.9 Å². The maximum atomic E-state index is 13.0. The van der Waals surface area contributed by atoms with Crippen LogP contribution in [0.1, 0.15) is 24.8 Å². The summed E-state index contributed by atoms with van der Waals surface area (Å²) in [6.07, 6.45) is 3.30. The van der Waals surface area contributed by atoms with E-state index < -0.39 is 0 Å². The Kier molecular flexibility index (Phi) is 5.23. The van der Waals surface area contributed by atoms with E-state index in [2.05, 4.69) is 35.2 Å². The summed E-state index contributed by atoms with van der Waals surface area (Å²) in [5.74, 6) is 0.534. The van der Waals surface area contributed by atoms with Crippen molar-refractivity contribution in [3.05, 3.63) is 66.0 Å². The van der Waals surface area contributed by atoms with Crippen LogP contribution in [0.25, 0.3) is 0 Å². The summed E-state index contributed by atoms with van der Waals surface area (Å²) in [5.41, 5.74) is 1.51. The molecular weight excluding hydrogens is 329 g/mol. The van der Waals surface area contributed by atoms with Crippen molar-refractivity contribution in [2.45, 2.75) is 30.8 Å². The monoisotopic (exact) mass is 355 g/mol. The Labute approximate surface area is 154 Å². The van der Waals surface area contributed by atoms with E-state index in [1.54, 1.807) is 12.1 Å². The maximum Gasteiger partial charge on any atom is 0.123 e. The minimum Gasteiger partial charge on any atom is -0.490 e. The molecular formula is C22H26FNO2. The number of nitrogens with zero attached hydrogens (tertiary/aromatic N) is 1. The minimum absolute atomic E-state index is 0.117. The van der Waals surface area contributed by atoms with E-state index in [-0.39, 0.29) is 17.3 Å². The molecule has 0 bridgehead atoms. The topological polar surface area (TPSA) is 21.7 Å². The van der Waals surface area contributed by atoms with E-state index in [9.17, 15) is 4.39 Å². The number of halogens is 1. The molecule has 0 amide bonds. The lowest BCUT2D eigenvalue weighted by atomic mass is 9.79. The number of piperidine rings is 1. The maximum absolute atomic E-state index is 13.0. The van der Waals surface area contributed by atoms with Gasteiger partial charge in [0.1, 0.15) is 17.7 Å². The number of likely N-dealkylation sites (tertiary alicyclic amines) is 1. The molecule has 0 unspecified atom stereocenters. The van der Waals surface area contributed by atoms with Crippen LogP contribution in [0.15, 0.2) is 54.6 Å². The van der Waals surface area contributed by atoms with Crippen LogP contribution in [0, 0.1) is 5.82 Å². The van der Waals surface area contributed by atoms with Crippen LogP contribution in [-0.4, -0.2) is 43.9 Å². The highest BCUT2D eigenvalue weighted by atomic mass is 19.1. The third-order valence-corrected chi connectivity index (χ3v) is 5.67. The second-order valence-electron chi connectivity index (χ2n) is 7.50. The first kappa shape index (κ1) is 17.5. The van der Waals surface area contributed by atoms with Crippen molar-refractivity contribution in [3.8, 4) is 5.75 Å². The van der Waals surface area contributed by atoms with Crippen molar-refractivity contribution in [2.24, 2.45) is 0 Å². The fourth-order valence-corrected chi connectivity index (χ4v) is 4.16. The van der Waals surface area contributed by atoms with Crippen LogP contribution < -0.4 is 4.74 Å². The summed E-state index contributed by atoms with van der Waals surface area (Å²) in [7, 11) is 0. The molecule has 2 aliphatic heterocycles. The van der Waals surface area contributed by atoms with Gasteiger partial charge in [0.15, 0.2) is 0 Å². The standard InChI is InChI=1S/C22H26FNO2/c23-19-6-8-20(9-7-19)26-21-10-13-24(14-11-21)16-22(12-15-25-17-22)18-4-2-1-3-5-18/h1-9,21H,10-17H2/t22-/m0/s1. The van der Waals surface area contributed by atoms with Crippen LogP contribution in [0.5, 0.6) is 5.75 Å². The highest BCUT2D eigenvalue weighted by Gasteiger charge is 2.39. The molecule has 2 aromatic rings. The Morgan fingerprint density at radius 1 is 1.04 bits per heavy atom. The summed E-state index contributed by atoms with van der Waals surface area (Å²) < 4.78 is 24.8. The van der Waals surface area contributed by atoms with E-state index in [4.69, 9.17) is 9.47 Å². The number of ether oxygens (including phenoxy) is 2. The lowest BCUT2D eigenvalue weighted by Crippen LogP contribution is -2.46. The number of hydrogen-bond acceptors (Lipinski definition) is 3. The molecule has 0 aliphatic carbocycles. The van der Waals surface area contributed by atoms with Crippen molar-refractivity contribution in [2.75, 3.05) is 32.8 Å². The lowest BCUT2D eigenvalue weighted by molar-refractivity contribution is 0.0806. The predicted molar refractivity (Wildman–Crippen MR) is 100 cm³/mol. The molecule has 0 saturated carbocycles. The average molecular weight is 355 g/mol. The van der Waals surface area contributed by atoms with Crippen LogP contribution in [0.3, 0.4) is 0 Å². The summed E-state index contributed by atoms with van der Waals surface area (Å²) in [5, 5.41) is 0. The van der Waals surface area contributed by atoms with E-state index >= 15 is 0 Å². The second kappa shape index (κ2) is 7.77. The fraction of sp³-hybridized carbons (Fsp3) is 0.455. The van der Waals surface area contributed by atoms with Gasteiger partial charge in [-0.3, -0.25) is 0 Å². The second-order valence-corrected chi connectivity index (χ2v) is 7.50. The fourth-order valence-electron chi connectivity index (χ4n) is 4.16. The number of hydrogen-bond donors (Lipinski definition) is 0. The Hall–Kier alpha value is -1.91. The van der Waals surface area contributed by atoms with Gasteiger partial charge in [-0.2, -0.15) is 0 Å². The van der Waals surface area contributed by atoms with Gasteiger partial charge in [-0.15, -0.1) is 0 Å². The minimum atomic E-state index is -0.225. The quantitative estimate of drug-likeness (QED) is 0.808. The summed E-state index contributed by atoms with van der Waals surface area (Å²) in [6.45, 7) is 4.75. The third-order valence-electron chi connectivity index (χ3n) is 5.67. The van der Waals surface area contributed by atoms with Gasteiger partial charge in [0.25, 0.3) is 0 Å². The van der Waals surface area contributed by atoms with Gasteiger partial charge in [-0.05, 0) is 49.1 Å². The van der Waals surface area contributed by atoms with Crippen LogP contribution in [0.4, 0.5) is 4.39 Å². The van der Waals surface area contributed by atoms with Crippen LogP contribution in [-0.2, 0) is 10.2 Å². The highest BCUT2D eigenvalue weighted by Crippen LogP contribution is 2.35. The molecule has 1 atom stereocenters. The largest absolute Gasteiger partial charge is 0.490 e. The summed E-state index contributed by atoms with van der Waals surface area (Å²) in [6, 6.07) is 17.1. The van der Waals surface area contributed by atoms with Gasteiger partial charge >= 0.3 is 0 Å². The first-order valence-electron chi connectivity index (χ1n) is 9.51.